The fourth-order valence-electron chi connectivity index (χ4n) is 1.29. The predicted octanol–water partition coefficient (Wildman–Crippen LogP) is 3.92. The van der Waals surface area contributed by atoms with Crippen molar-refractivity contribution >= 4 is 46.4 Å². The molecular weight excluding hydrogens is 306 g/mol. The van der Waals surface area contributed by atoms with Crippen molar-refractivity contribution in [1.29, 1.82) is 0 Å². The van der Waals surface area contributed by atoms with Crippen molar-refractivity contribution in [2.24, 2.45) is 0 Å². The quantitative estimate of drug-likeness (QED) is 0.623. The molecular formula is C9H6Cl4N4. The van der Waals surface area contributed by atoms with Gasteiger partial charge in [0.1, 0.15) is 0 Å². The van der Waals surface area contributed by atoms with E-state index in [-0.39, 0.29) is 5.38 Å². The number of alkyl halides is 1. The van der Waals surface area contributed by atoms with Gasteiger partial charge in [0.25, 0.3) is 0 Å². The van der Waals surface area contributed by atoms with E-state index < -0.39 is 0 Å². The molecule has 1 unspecified atom stereocenters. The van der Waals surface area contributed by atoms with E-state index in [0.717, 1.165) is 0 Å². The largest absolute Gasteiger partial charge is 0.194 e. The molecule has 0 aliphatic carbocycles. The monoisotopic (exact) mass is 310 g/mol. The van der Waals surface area contributed by atoms with E-state index in [0.29, 0.717) is 26.6 Å². The van der Waals surface area contributed by atoms with Gasteiger partial charge in [0.05, 0.1) is 26.1 Å². The van der Waals surface area contributed by atoms with Gasteiger partial charge in [-0.1, -0.05) is 34.8 Å². The second kappa shape index (κ2) is 4.98. The Hall–Kier alpha value is -0.550. The standard InChI is InChI=1S/C9H6Cl4N4/c1-4(10)9-14-15-16-17(9)8-3-6(12)5(11)2-7(8)13/h2-4H,1H3. The van der Waals surface area contributed by atoms with E-state index in [2.05, 4.69) is 15.5 Å². The second-order valence-electron chi connectivity index (χ2n) is 3.28. The predicted molar refractivity (Wildman–Crippen MR) is 68.5 cm³/mol. The first-order valence-corrected chi connectivity index (χ1v) is 6.15. The van der Waals surface area contributed by atoms with Gasteiger partial charge >= 0.3 is 0 Å². The van der Waals surface area contributed by atoms with Crippen molar-refractivity contribution in [3.8, 4) is 5.69 Å². The maximum atomic E-state index is 6.07. The number of tetrazole rings is 1. The number of aromatic nitrogens is 4. The van der Waals surface area contributed by atoms with Crippen LogP contribution in [0.5, 0.6) is 0 Å². The molecule has 8 heteroatoms. The van der Waals surface area contributed by atoms with Gasteiger partial charge in [-0.15, -0.1) is 16.7 Å². The molecule has 0 saturated carbocycles. The molecule has 1 aromatic heterocycles. The smallest absolute Gasteiger partial charge is 0.174 e. The maximum absolute atomic E-state index is 6.07. The first-order valence-electron chi connectivity index (χ1n) is 4.58. The Kier molecular flexibility index (Phi) is 3.78. The van der Waals surface area contributed by atoms with Gasteiger partial charge in [0.15, 0.2) is 5.82 Å². The van der Waals surface area contributed by atoms with Crippen molar-refractivity contribution in [2.45, 2.75) is 12.3 Å². The molecule has 2 aromatic rings. The third-order valence-corrected chi connectivity index (χ3v) is 3.29. The van der Waals surface area contributed by atoms with Crippen LogP contribution in [0.15, 0.2) is 12.1 Å². The lowest BCUT2D eigenvalue weighted by molar-refractivity contribution is 0.761. The number of benzene rings is 1. The van der Waals surface area contributed by atoms with Crippen LogP contribution in [0, 0.1) is 0 Å². The van der Waals surface area contributed by atoms with Crippen LogP contribution in [0.25, 0.3) is 5.69 Å². The van der Waals surface area contributed by atoms with E-state index in [1.807, 2.05) is 0 Å². The molecule has 4 nitrogen and oxygen atoms in total. The first-order chi connectivity index (χ1) is 8.00. The summed E-state index contributed by atoms with van der Waals surface area (Å²) in [6.07, 6.45) is 0. The summed E-state index contributed by atoms with van der Waals surface area (Å²) in [5.74, 6) is 0.479. The highest BCUT2D eigenvalue weighted by atomic mass is 35.5. The van der Waals surface area contributed by atoms with E-state index >= 15 is 0 Å². The van der Waals surface area contributed by atoms with Crippen LogP contribution in [0.2, 0.25) is 15.1 Å². The van der Waals surface area contributed by atoms with E-state index in [1.165, 1.54) is 10.7 Å². The van der Waals surface area contributed by atoms with Crippen LogP contribution < -0.4 is 0 Å². The molecule has 0 aliphatic heterocycles. The Morgan fingerprint density at radius 1 is 1.12 bits per heavy atom. The van der Waals surface area contributed by atoms with Crippen LogP contribution in [0.3, 0.4) is 0 Å². The Morgan fingerprint density at radius 2 is 1.76 bits per heavy atom. The minimum absolute atomic E-state index is 0.351. The van der Waals surface area contributed by atoms with Crippen LogP contribution in [-0.4, -0.2) is 20.2 Å². The van der Waals surface area contributed by atoms with E-state index in [4.69, 9.17) is 46.4 Å². The summed E-state index contributed by atoms with van der Waals surface area (Å²) < 4.78 is 1.43. The first kappa shape index (κ1) is 12.9. The zero-order chi connectivity index (χ0) is 12.6. The van der Waals surface area contributed by atoms with Gasteiger partial charge in [-0.2, -0.15) is 4.68 Å². The van der Waals surface area contributed by atoms with Gasteiger partial charge in [0.2, 0.25) is 0 Å². The molecule has 1 atom stereocenters. The molecule has 0 spiro atoms. The van der Waals surface area contributed by atoms with Crippen LogP contribution in [-0.2, 0) is 0 Å². The third-order valence-electron chi connectivity index (χ3n) is 2.07. The zero-order valence-corrected chi connectivity index (χ0v) is 11.6. The SMILES string of the molecule is CC(Cl)c1nnnn1-c1cc(Cl)c(Cl)cc1Cl. The van der Waals surface area contributed by atoms with Crippen LogP contribution in [0.4, 0.5) is 0 Å². The molecule has 0 radical (unpaired) electrons. The van der Waals surface area contributed by atoms with Crippen molar-refractivity contribution < 1.29 is 0 Å². The Labute approximate surface area is 117 Å². The van der Waals surface area contributed by atoms with Gasteiger partial charge in [0, 0.05) is 0 Å². The van der Waals surface area contributed by atoms with Crippen molar-refractivity contribution in [3.63, 3.8) is 0 Å². The van der Waals surface area contributed by atoms with Crippen molar-refractivity contribution in [1.82, 2.24) is 20.2 Å². The van der Waals surface area contributed by atoms with Crippen molar-refractivity contribution in [2.75, 3.05) is 0 Å². The molecule has 17 heavy (non-hydrogen) atoms. The summed E-state index contributed by atoms with van der Waals surface area (Å²) in [6.45, 7) is 1.76. The number of halogens is 4. The maximum Gasteiger partial charge on any atom is 0.174 e. The number of nitrogens with zero attached hydrogens (tertiary/aromatic N) is 4. The minimum atomic E-state index is -0.351. The van der Waals surface area contributed by atoms with Crippen molar-refractivity contribution in [3.05, 3.63) is 33.0 Å². The molecule has 2 rings (SSSR count). The van der Waals surface area contributed by atoms with Gasteiger partial charge < -0.3 is 0 Å². The Balaban J connectivity index is 2.60. The fourth-order valence-corrected chi connectivity index (χ4v) is 2.05. The van der Waals surface area contributed by atoms with Gasteiger partial charge in [-0.3, -0.25) is 0 Å². The molecule has 0 amide bonds. The Morgan fingerprint density at radius 3 is 2.41 bits per heavy atom. The second-order valence-corrected chi connectivity index (χ2v) is 5.16. The lowest BCUT2D eigenvalue weighted by atomic mass is 10.3. The highest BCUT2D eigenvalue weighted by Gasteiger charge is 2.16. The van der Waals surface area contributed by atoms with Crippen LogP contribution in [0.1, 0.15) is 18.1 Å². The summed E-state index contributed by atoms with van der Waals surface area (Å²) in [6, 6.07) is 3.12. The van der Waals surface area contributed by atoms with E-state index in [9.17, 15) is 0 Å². The number of hydrogen-bond donors (Lipinski definition) is 0. The molecule has 0 aliphatic rings. The topological polar surface area (TPSA) is 43.6 Å². The average Bonchev–Trinajstić information content (AvgIpc) is 2.72. The lowest BCUT2D eigenvalue weighted by Crippen LogP contribution is -2.04. The third kappa shape index (κ3) is 2.50. The highest BCUT2D eigenvalue weighted by Crippen LogP contribution is 2.32. The average molecular weight is 312 g/mol. The fraction of sp³-hybridized carbons (Fsp3) is 0.222. The minimum Gasteiger partial charge on any atom is -0.194 e. The number of rotatable bonds is 2. The molecule has 1 aromatic carbocycles. The Bertz CT molecular complexity index is 552. The molecule has 1 heterocycles. The summed E-state index contributed by atoms with van der Waals surface area (Å²) in [5, 5.41) is 12.0. The highest BCUT2D eigenvalue weighted by molar-refractivity contribution is 6.43. The summed E-state index contributed by atoms with van der Waals surface area (Å²) in [7, 11) is 0. The van der Waals surface area contributed by atoms with Crippen LogP contribution >= 0.6 is 46.4 Å². The summed E-state index contributed by atoms with van der Waals surface area (Å²) in [5.41, 5.74) is 0.536. The summed E-state index contributed by atoms with van der Waals surface area (Å²) in [4.78, 5) is 0. The van der Waals surface area contributed by atoms with Gasteiger partial charge in [-0.25, -0.2) is 0 Å². The molecule has 90 valence electrons. The number of hydrogen-bond acceptors (Lipinski definition) is 3. The molecule has 0 saturated heterocycles. The molecule has 0 bridgehead atoms. The lowest BCUT2D eigenvalue weighted by Gasteiger charge is -2.08. The molecule has 0 fully saturated rings. The molecule has 0 N–H and O–H groups in total. The van der Waals surface area contributed by atoms with Gasteiger partial charge in [-0.05, 0) is 29.5 Å². The zero-order valence-electron chi connectivity index (χ0n) is 8.53. The summed E-state index contributed by atoms with van der Waals surface area (Å²) >= 11 is 23.8. The normalized spacial score (nSPS) is 12.8. The van der Waals surface area contributed by atoms with E-state index in [1.54, 1.807) is 13.0 Å².